The normalized spacial score (nSPS) is 11.1. The summed E-state index contributed by atoms with van der Waals surface area (Å²) >= 11 is 1.31. The van der Waals surface area contributed by atoms with Crippen LogP contribution in [0.3, 0.4) is 0 Å². The molecular weight excluding hydrogens is 234 g/mol. The number of alkyl halides is 2. The quantitative estimate of drug-likeness (QED) is 0.572. The zero-order valence-corrected chi connectivity index (χ0v) is 10.6. The molecule has 0 saturated carbocycles. The highest BCUT2D eigenvalue weighted by molar-refractivity contribution is 7.08. The Morgan fingerprint density at radius 1 is 1.33 bits per heavy atom. The van der Waals surface area contributed by atoms with Crippen molar-refractivity contribution in [2.75, 3.05) is 0 Å². The molecule has 1 rings (SSSR count). The lowest BCUT2D eigenvalue weighted by molar-refractivity contribution is -0.0497. The Balaban J connectivity index is 2.85. The van der Waals surface area contributed by atoms with Crippen LogP contribution in [0.5, 0.6) is 5.75 Å². The van der Waals surface area contributed by atoms with Gasteiger partial charge in [0.05, 0.1) is 5.56 Å². The number of halogens is 2. The second kappa shape index (κ2) is 4.77. The predicted molar refractivity (Wildman–Crippen MR) is 61.2 cm³/mol. The molecule has 0 spiro atoms. The zero-order valence-electron chi connectivity index (χ0n) is 8.80. The molecule has 5 heteroatoms. The van der Waals surface area contributed by atoms with E-state index in [1.54, 1.807) is 10.8 Å². The lowest BCUT2D eigenvalue weighted by Gasteiger charge is -2.04. The maximum atomic E-state index is 12.0. The van der Waals surface area contributed by atoms with Gasteiger partial charge in [-0.2, -0.15) is 8.78 Å². The molecule has 0 fully saturated rings. The van der Waals surface area contributed by atoms with E-state index in [0.717, 1.165) is 0 Å². The first-order valence-electron chi connectivity index (χ1n) is 4.43. The van der Waals surface area contributed by atoms with Crippen LogP contribution in [0.15, 0.2) is 10.8 Å². The fourth-order valence-corrected chi connectivity index (χ4v) is 2.01. The van der Waals surface area contributed by atoms with Gasteiger partial charge >= 0.3 is 6.61 Å². The van der Waals surface area contributed by atoms with Crippen LogP contribution in [0.2, 0.25) is 19.6 Å². The molecule has 0 radical (unpaired) electrons. The maximum Gasteiger partial charge on any atom is 0.387 e. The molecule has 0 atom stereocenters. The summed E-state index contributed by atoms with van der Waals surface area (Å²) in [4.78, 5) is 0. The van der Waals surface area contributed by atoms with E-state index in [1.807, 2.05) is 0 Å². The maximum absolute atomic E-state index is 12.0. The van der Waals surface area contributed by atoms with Crippen LogP contribution in [-0.4, -0.2) is 14.7 Å². The molecule has 0 aliphatic carbocycles. The Morgan fingerprint density at radius 3 is 2.53 bits per heavy atom. The van der Waals surface area contributed by atoms with Gasteiger partial charge in [0.15, 0.2) is 5.75 Å². The fourth-order valence-electron chi connectivity index (χ4n) is 0.819. The van der Waals surface area contributed by atoms with Crippen molar-refractivity contribution in [1.82, 2.24) is 0 Å². The van der Waals surface area contributed by atoms with Crippen molar-refractivity contribution < 1.29 is 13.5 Å². The average molecular weight is 246 g/mol. The van der Waals surface area contributed by atoms with Gasteiger partial charge in [0.1, 0.15) is 8.07 Å². The zero-order chi connectivity index (χ0) is 11.5. The van der Waals surface area contributed by atoms with Gasteiger partial charge in [-0.05, 0) is 0 Å². The van der Waals surface area contributed by atoms with E-state index in [9.17, 15) is 8.78 Å². The monoisotopic (exact) mass is 246 g/mol. The van der Waals surface area contributed by atoms with Gasteiger partial charge in [-0.1, -0.05) is 25.6 Å². The third-order valence-electron chi connectivity index (χ3n) is 1.41. The van der Waals surface area contributed by atoms with Crippen LogP contribution in [0.1, 0.15) is 5.56 Å². The van der Waals surface area contributed by atoms with Gasteiger partial charge in [0.25, 0.3) is 0 Å². The number of thiophene rings is 1. The minimum absolute atomic E-state index is 0.181. The molecule has 1 heterocycles. The molecule has 1 aromatic heterocycles. The van der Waals surface area contributed by atoms with Crippen LogP contribution in [0.25, 0.3) is 0 Å². The van der Waals surface area contributed by atoms with Crippen molar-refractivity contribution >= 4 is 19.4 Å². The molecule has 0 unspecified atom stereocenters. The molecule has 0 amide bonds. The summed E-state index contributed by atoms with van der Waals surface area (Å²) in [7, 11) is -1.48. The number of hydrogen-bond acceptors (Lipinski definition) is 2. The molecule has 82 valence electrons. The van der Waals surface area contributed by atoms with Crippen LogP contribution >= 0.6 is 11.3 Å². The van der Waals surface area contributed by atoms with Crippen molar-refractivity contribution in [2.24, 2.45) is 0 Å². The van der Waals surface area contributed by atoms with Gasteiger partial charge in [-0.3, -0.25) is 0 Å². The largest absolute Gasteiger partial charge is 0.433 e. The number of hydrogen-bond donors (Lipinski definition) is 0. The first-order valence-corrected chi connectivity index (χ1v) is 8.87. The molecule has 0 aromatic carbocycles. The Kier molecular flexibility index (Phi) is 3.88. The highest BCUT2D eigenvalue weighted by Crippen LogP contribution is 2.24. The van der Waals surface area contributed by atoms with Gasteiger partial charge < -0.3 is 4.74 Å². The minimum atomic E-state index is -2.79. The van der Waals surface area contributed by atoms with E-state index < -0.39 is 14.7 Å². The van der Waals surface area contributed by atoms with E-state index in [-0.39, 0.29) is 5.75 Å². The SMILES string of the molecule is C[Si](C)(C)C#Cc1cscc1OC(F)F. The second-order valence-electron chi connectivity index (χ2n) is 4.03. The summed E-state index contributed by atoms with van der Waals surface area (Å²) in [5.41, 5.74) is 3.67. The van der Waals surface area contributed by atoms with Crippen LogP contribution in [0, 0.1) is 11.5 Å². The van der Waals surface area contributed by atoms with Gasteiger partial charge in [-0.15, -0.1) is 16.9 Å². The van der Waals surface area contributed by atoms with E-state index >= 15 is 0 Å². The van der Waals surface area contributed by atoms with Crippen LogP contribution < -0.4 is 4.74 Å². The average Bonchev–Trinajstić information content (AvgIpc) is 2.46. The van der Waals surface area contributed by atoms with E-state index in [0.29, 0.717) is 5.56 Å². The molecule has 15 heavy (non-hydrogen) atoms. The first-order chi connectivity index (χ1) is 6.88. The van der Waals surface area contributed by atoms with Crippen molar-refractivity contribution in [3.8, 4) is 17.2 Å². The summed E-state index contributed by atoms with van der Waals surface area (Å²) in [5.74, 6) is 3.08. The second-order valence-corrected chi connectivity index (χ2v) is 9.52. The Hall–Kier alpha value is -0.863. The summed E-state index contributed by atoms with van der Waals surface area (Å²) in [6, 6.07) is 0. The van der Waals surface area contributed by atoms with E-state index in [2.05, 4.69) is 35.8 Å². The lowest BCUT2D eigenvalue weighted by Crippen LogP contribution is -2.16. The van der Waals surface area contributed by atoms with Crippen molar-refractivity contribution in [3.05, 3.63) is 16.3 Å². The smallest absolute Gasteiger partial charge is 0.387 e. The molecular formula is C10H12F2OSSi. The highest BCUT2D eigenvalue weighted by atomic mass is 32.1. The standard InChI is InChI=1S/C10H12F2OSSi/c1-15(2,3)5-4-8-6-14-7-9(8)13-10(11)12/h6-7,10H,1-3H3. The topological polar surface area (TPSA) is 9.23 Å². The summed E-state index contributed by atoms with van der Waals surface area (Å²) in [6.45, 7) is 3.51. The van der Waals surface area contributed by atoms with Gasteiger partial charge in [0.2, 0.25) is 0 Å². The third kappa shape index (κ3) is 4.45. The first kappa shape index (κ1) is 12.2. The van der Waals surface area contributed by atoms with Gasteiger partial charge in [0, 0.05) is 10.8 Å². The third-order valence-corrected chi connectivity index (χ3v) is 3.01. The number of rotatable bonds is 2. The molecule has 0 N–H and O–H groups in total. The van der Waals surface area contributed by atoms with Crippen molar-refractivity contribution in [3.63, 3.8) is 0 Å². The Morgan fingerprint density at radius 2 is 2.00 bits per heavy atom. The Bertz CT molecular complexity index is 384. The highest BCUT2D eigenvalue weighted by Gasteiger charge is 2.11. The molecule has 0 aliphatic heterocycles. The molecule has 0 bridgehead atoms. The van der Waals surface area contributed by atoms with E-state index in [1.165, 1.54) is 11.3 Å². The molecule has 1 aromatic rings. The van der Waals surface area contributed by atoms with Crippen LogP contribution in [-0.2, 0) is 0 Å². The summed E-state index contributed by atoms with van der Waals surface area (Å²) in [5, 5.41) is 3.27. The van der Waals surface area contributed by atoms with Crippen LogP contribution in [0.4, 0.5) is 8.78 Å². The molecule has 0 saturated heterocycles. The van der Waals surface area contributed by atoms with E-state index in [4.69, 9.17) is 0 Å². The van der Waals surface area contributed by atoms with Crippen molar-refractivity contribution in [1.29, 1.82) is 0 Å². The fraction of sp³-hybridized carbons (Fsp3) is 0.400. The summed E-state index contributed by atoms with van der Waals surface area (Å²) in [6.07, 6.45) is 0. The Labute approximate surface area is 93.1 Å². The minimum Gasteiger partial charge on any atom is -0.433 e. The predicted octanol–water partition coefficient (Wildman–Crippen LogP) is 3.58. The van der Waals surface area contributed by atoms with Crippen molar-refractivity contribution in [2.45, 2.75) is 26.3 Å². The number of ether oxygens (including phenoxy) is 1. The lowest BCUT2D eigenvalue weighted by atomic mass is 10.3. The molecule has 1 nitrogen and oxygen atoms in total. The summed E-state index contributed by atoms with van der Waals surface area (Å²) < 4.78 is 28.3. The molecule has 0 aliphatic rings. The van der Waals surface area contributed by atoms with Gasteiger partial charge in [-0.25, -0.2) is 0 Å².